The standard InChI is InChI=1S/C18H29NOSSi/c1-17(2,3)21(20)19-16(13-14-22(5,6)7)18(19,4)15-11-9-8-10-12-15/h8-14,16H,1-7H3/b14-13+/t16-,18-,19?,21+/m0/s1. The first-order chi connectivity index (χ1) is 9.98. The van der Waals surface area contributed by atoms with E-state index in [2.05, 4.69) is 66.9 Å². The molecule has 0 N–H and O–H groups in total. The van der Waals surface area contributed by atoms with Crippen LogP contribution in [0.25, 0.3) is 0 Å². The summed E-state index contributed by atoms with van der Waals surface area (Å²) in [5.41, 5.74) is 3.46. The first-order valence-electron chi connectivity index (χ1n) is 7.94. The van der Waals surface area contributed by atoms with Gasteiger partial charge in [0.25, 0.3) is 0 Å². The van der Waals surface area contributed by atoms with Crippen molar-refractivity contribution in [3.8, 4) is 0 Å². The largest absolute Gasteiger partial charge is 0.242 e. The van der Waals surface area contributed by atoms with Crippen molar-refractivity contribution in [2.24, 2.45) is 0 Å². The van der Waals surface area contributed by atoms with Crippen molar-refractivity contribution in [2.75, 3.05) is 0 Å². The molecule has 1 aliphatic heterocycles. The minimum Gasteiger partial charge on any atom is -0.242 e. The lowest BCUT2D eigenvalue weighted by Gasteiger charge is -2.21. The monoisotopic (exact) mass is 335 g/mol. The first kappa shape index (κ1) is 17.6. The Bertz CT molecular complexity index is 585. The van der Waals surface area contributed by atoms with Gasteiger partial charge in [0.05, 0.1) is 24.4 Å². The maximum atomic E-state index is 13.0. The van der Waals surface area contributed by atoms with Gasteiger partial charge in [-0.3, -0.25) is 0 Å². The van der Waals surface area contributed by atoms with E-state index in [9.17, 15) is 4.21 Å². The summed E-state index contributed by atoms with van der Waals surface area (Å²) in [4.78, 5) is 0. The summed E-state index contributed by atoms with van der Waals surface area (Å²) in [6, 6.07) is 10.7. The highest BCUT2D eigenvalue weighted by atomic mass is 32.2. The van der Waals surface area contributed by atoms with Crippen molar-refractivity contribution in [3.63, 3.8) is 0 Å². The third-order valence-electron chi connectivity index (χ3n) is 4.06. The van der Waals surface area contributed by atoms with Crippen molar-refractivity contribution in [2.45, 2.75) is 63.7 Å². The Morgan fingerprint density at radius 3 is 2.18 bits per heavy atom. The Labute approximate surface area is 139 Å². The fourth-order valence-corrected chi connectivity index (χ4v) is 5.02. The van der Waals surface area contributed by atoms with Gasteiger partial charge in [-0.1, -0.05) is 61.7 Å². The second kappa shape index (κ2) is 5.73. The fraction of sp³-hybridized carbons (Fsp3) is 0.556. The number of hydrogen-bond donors (Lipinski definition) is 0. The van der Waals surface area contributed by atoms with Crippen LogP contribution in [0, 0.1) is 0 Å². The SMILES string of the molecule is CC(C)(C)[S@@](=O)N1[C@@H](/C=C/[Si](C)(C)C)[C@]1(C)c1ccccc1. The highest BCUT2D eigenvalue weighted by Crippen LogP contribution is 2.53. The summed E-state index contributed by atoms with van der Waals surface area (Å²) in [5.74, 6) is 0. The van der Waals surface area contributed by atoms with Gasteiger partial charge in [-0.15, -0.1) is 0 Å². The second-order valence-corrected chi connectivity index (χ2v) is 15.6. The molecule has 2 rings (SSSR count). The van der Waals surface area contributed by atoms with Gasteiger partial charge in [-0.2, -0.15) is 0 Å². The average molecular weight is 336 g/mol. The van der Waals surface area contributed by atoms with Crippen LogP contribution >= 0.6 is 0 Å². The van der Waals surface area contributed by atoms with E-state index in [1.165, 1.54) is 5.56 Å². The summed E-state index contributed by atoms with van der Waals surface area (Å²) in [5, 5.41) is 0. The van der Waals surface area contributed by atoms with E-state index in [-0.39, 0.29) is 16.3 Å². The van der Waals surface area contributed by atoms with E-state index in [0.29, 0.717) is 0 Å². The van der Waals surface area contributed by atoms with E-state index in [1.54, 1.807) is 0 Å². The topological polar surface area (TPSA) is 20.1 Å². The van der Waals surface area contributed by atoms with Gasteiger partial charge in [-0.25, -0.2) is 8.51 Å². The molecule has 22 heavy (non-hydrogen) atoms. The maximum absolute atomic E-state index is 13.0. The molecule has 1 heterocycles. The minimum absolute atomic E-state index is 0.157. The van der Waals surface area contributed by atoms with E-state index in [4.69, 9.17) is 0 Å². The zero-order valence-electron chi connectivity index (χ0n) is 14.9. The smallest absolute Gasteiger partial charge is 0.101 e. The number of hydrogen-bond acceptors (Lipinski definition) is 1. The van der Waals surface area contributed by atoms with E-state index >= 15 is 0 Å². The number of rotatable bonds is 4. The zero-order valence-corrected chi connectivity index (χ0v) is 16.7. The molecule has 0 aliphatic carbocycles. The van der Waals surface area contributed by atoms with Gasteiger partial charge in [0, 0.05) is 0 Å². The maximum Gasteiger partial charge on any atom is 0.101 e. The number of benzene rings is 1. The lowest BCUT2D eigenvalue weighted by molar-refractivity contribution is 0.563. The highest BCUT2D eigenvalue weighted by molar-refractivity contribution is 7.84. The molecule has 1 saturated heterocycles. The van der Waals surface area contributed by atoms with Crippen molar-refractivity contribution in [3.05, 3.63) is 47.7 Å². The van der Waals surface area contributed by atoms with E-state index < -0.39 is 19.1 Å². The van der Waals surface area contributed by atoms with Crippen LogP contribution in [0.1, 0.15) is 33.3 Å². The molecular formula is C18H29NOSSi. The first-order valence-corrected chi connectivity index (χ1v) is 12.6. The second-order valence-electron chi connectivity index (χ2n) is 8.37. The van der Waals surface area contributed by atoms with Gasteiger partial charge in [0.2, 0.25) is 0 Å². The Kier molecular flexibility index (Phi) is 4.59. The van der Waals surface area contributed by atoms with Crippen LogP contribution in [0.5, 0.6) is 0 Å². The molecule has 4 heteroatoms. The Hall–Kier alpha value is -0.713. The fourth-order valence-electron chi connectivity index (χ4n) is 2.67. The molecule has 0 aromatic heterocycles. The minimum atomic E-state index is -1.26. The predicted molar refractivity (Wildman–Crippen MR) is 99.8 cm³/mol. The summed E-state index contributed by atoms with van der Waals surface area (Å²) >= 11 is 0. The molecule has 0 spiro atoms. The summed E-state index contributed by atoms with van der Waals surface area (Å²) in [6.07, 6.45) is 2.29. The van der Waals surface area contributed by atoms with Gasteiger partial charge >= 0.3 is 0 Å². The molecule has 1 aromatic carbocycles. The van der Waals surface area contributed by atoms with Crippen LogP contribution < -0.4 is 0 Å². The van der Waals surface area contributed by atoms with Crippen molar-refractivity contribution in [1.82, 2.24) is 4.31 Å². The van der Waals surface area contributed by atoms with Crippen LogP contribution in [0.3, 0.4) is 0 Å². The molecule has 122 valence electrons. The molecular weight excluding hydrogens is 306 g/mol. The normalized spacial score (nSPS) is 30.5. The van der Waals surface area contributed by atoms with E-state index in [1.807, 2.05) is 26.8 Å². The summed E-state index contributed by atoms with van der Waals surface area (Å²) in [6.45, 7) is 15.3. The Balaban J connectivity index is 2.38. The van der Waals surface area contributed by atoms with Crippen LogP contribution in [-0.4, -0.2) is 27.4 Å². The highest BCUT2D eigenvalue weighted by Gasteiger charge is 2.63. The third kappa shape index (κ3) is 3.44. The quantitative estimate of drug-likeness (QED) is 0.587. The predicted octanol–water partition coefficient (Wildman–Crippen LogP) is 4.48. The lowest BCUT2D eigenvalue weighted by atomic mass is 9.97. The molecule has 4 atom stereocenters. The molecule has 1 aromatic rings. The molecule has 1 unspecified atom stereocenters. The molecule has 0 bridgehead atoms. The average Bonchev–Trinajstić information content (AvgIpc) is 3.01. The van der Waals surface area contributed by atoms with Crippen LogP contribution in [0.4, 0.5) is 0 Å². The number of nitrogens with zero attached hydrogens (tertiary/aromatic N) is 1. The lowest BCUT2D eigenvalue weighted by Crippen LogP contribution is -2.30. The van der Waals surface area contributed by atoms with Gasteiger partial charge in [0.15, 0.2) is 0 Å². The van der Waals surface area contributed by atoms with Crippen LogP contribution in [-0.2, 0) is 16.5 Å². The van der Waals surface area contributed by atoms with Crippen LogP contribution in [0.15, 0.2) is 42.1 Å². The Morgan fingerprint density at radius 1 is 1.18 bits per heavy atom. The van der Waals surface area contributed by atoms with Gasteiger partial charge < -0.3 is 0 Å². The molecule has 1 aliphatic rings. The van der Waals surface area contributed by atoms with Crippen LogP contribution in [0.2, 0.25) is 19.6 Å². The zero-order chi connectivity index (χ0) is 16.8. The van der Waals surface area contributed by atoms with Crippen molar-refractivity contribution in [1.29, 1.82) is 0 Å². The summed E-state index contributed by atoms with van der Waals surface area (Å²) < 4.78 is 14.9. The van der Waals surface area contributed by atoms with Gasteiger partial charge in [0.1, 0.15) is 11.0 Å². The molecule has 0 saturated carbocycles. The molecule has 2 nitrogen and oxygen atoms in total. The molecule has 1 fully saturated rings. The third-order valence-corrected chi connectivity index (χ3v) is 7.26. The molecule has 0 radical (unpaired) electrons. The summed E-state index contributed by atoms with van der Waals surface area (Å²) in [7, 11) is -2.27. The Morgan fingerprint density at radius 2 is 1.73 bits per heavy atom. The molecule has 0 amide bonds. The van der Waals surface area contributed by atoms with E-state index in [0.717, 1.165) is 0 Å². The van der Waals surface area contributed by atoms with Crippen molar-refractivity contribution >= 4 is 19.1 Å². The van der Waals surface area contributed by atoms with Crippen molar-refractivity contribution < 1.29 is 4.21 Å². The van der Waals surface area contributed by atoms with Gasteiger partial charge in [-0.05, 0) is 33.3 Å².